The lowest BCUT2D eigenvalue weighted by molar-refractivity contribution is 0.0887. The van der Waals surface area contributed by atoms with E-state index >= 15 is 0 Å². The number of benzene rings is 2. The third-order valence-corrected chi connectivity index (χ3v) is 4.97. The van der Waals surface area contributed by atoms with Gasteiger partial charge in [0, 0.05) is 11.3 Å². The summed E-state index contributed by atoms with van der Waals surface area (Å²) in [5, 5.41) is 21.8. The maximum Gasteiger partial charge on any atom is 0.232 e. The first-order valence-corrected chi connectivity index (χ1v) is 10.2. The van der Waals surface area contributed by atoms with Gasteiger partial charge in [-0.3, -0.25) is 9.59 Å². The molecule has 0 spiro atoms. The Kier molecular flexibility index (Phi) is 6.77. The van der Waals surface area contributed by atoms with E-state index in [1.54, 1.807) is 6.92 Å². The van der Waals surface area contributed by atoms with Crippen molar-refractivity contribution in [2.45, 2.75) is 39.5 Å². The van der Waals surface area contributed by atoms with Crippen LogP contribution in [0.1, 0.15) is 60.2 Å². The molecule has 0 bridgehead atoms. The second-order valence-corrected chi connectivity index (χ2v) is 7.11. The van der Waals surface area contributed by atoms with E-state index in [-0.39, 0.29) is 35.0 Å². The highest BCUT2D eigenvalue weighted by Crippen LogP contribution is 2.34. The van der Waals surface area contributed by atoms with Crippen LogP contribution in [0.3, 0.4) is 0 Å². The number of aromatic hydroxyl groups is 2. The van der Waals surface area contributed by atoms with Crippen LogP contribution in [-0.2, 0) is 4.74 Å². The second-order valence-electron chi connectivity index (χ2n) is 7.11. The van der Waals surface area contributed by atoms with Gasteiger partial charge in [0.2, 0.25) is 5.78 Å². The zero-order valence-corrected chi connectivity index (χ0v) is 17.2. The molecule has 0 atom stereocenters. The van der Waals surface area contributed by atoms with Crippen LogP contribution in [0.5, 0.6) is 17.2 Å². The Morgan fingerprint density at radius 1 is 0.867 bits per heavy atom. The molecule has 0 radical (unpaired) electrons. The van der Waals surface area contributed by atoms with Gasteiger partial charge < -0.3 is 19.7 Å². The number of ketones is 2. The summed E-state index contributed by atoms with van der Waals surface area (Å²) in [5.74, 6) is -0.851. The van der Waals surface area contributed by atoms with E-state index in [0.29, 0.717) is 0 Å². The lowest BCUT2D eigenvalue weighted by Crippen LogP contribution is -2.19. The van der Waals surface area contributed by atoms with Crippen LogP contribution in [0.15, 0.2) is 42.2 Å². The van der Waals surface area contributed by atoms with Crippen molar-refractivity contribution in [3.63, 3.8) is 0 Å². The fourth-order valence-corrected chi connectivity index (χ4v) is 3.29. The molecule has 0 fully saturated rings. The average Bonchev–Trinajstić information content (AvgIpc) is 2.71. The first-order chi connectivity index (χ1) is 14.5. The number of Topliss-reactive ketones (excluding diaryl/α,β-unsaturated/α-hetero) is 1. The van der Waals surface area contributed by atoms with Crippen LogP contribution >= 0.6 is 0 Å². The highest BCUT2D eigenvalue weighted by Gasteiger charge is 2.31. The Bertz CT molecular complexity index is 1080. The standard InChI is InChI=1S/C12H10O5.C12H16O/c1-2-17-9-5-8(15)10-6(13)3-4-7(14)11(10)12(9)16;1-2-3-4-5-8-13-12-9-10-6-7-11(10)12/h3-5,13-14H,2H2,1H3;6-7,9H,2-5,8H2,1H3. The first kappa shape index (κ1) is 21.4. The van der Waals surface area contributed by atoms with E-state index in [9.17, 15) is 19.8 Å². The molecule has 3 aliphatic carbocycles. The van der Waals surface area contributed by atoms with Gasteiger partial charge in [0.05, 0.1) is 24.3 Å². The third kappa shape index (κ3) is 4.32. The predicted molar refractivity (Wildman–Crippen MR) is 112 cm³/mol. The van der Waals surface area contributed by atoms with Gasteiger partial charge in [0.1, 0.15) is 17.2 Å². The summed E-state index contributed by atoms with van der Waals surface area (Å²) >= 11 is 0. The summed E-state index contributed by atoms with van der Waals surface area (Å²) < 4.78 is 10.6. The topological polar surface area (TPSA) is 93.1 Å². The van der Waals surface area contributed by atoms with Crippen molar-refractivity contribution in [3.05, 3.63) is 63.7 Å². The summed E-state index contributed by atoms with van der Waals surface area (Å²) in [6.07, 6.45) is 6.13. The zero-order valence-electron chi connectivity index (χ0n) is 17.2. The quantitative estimate of drug-likeness (QED) is 0.415. The normalized spacial score (nSPS) is 13.1. The minimum absolute atomic E-state index is 0.120. The van der Waals surface area contributed by atoms with Crippen LogP contribution in [-0.4, -0.2) is 35.0 Å². The van der Waals surface area contributed by atoms with Gasteiger partial charge in [-0.2, -0.15) is 0 Å². The number of ether oxygens (including phenoxy) is 2. The Balaban J connectivity index is 0.000000177. The maximum absolute atomic E-state index is 11.9. The minimum atomic E-state index is -0.602. The van der Waals surface area contributed by atoms with E-state index < -0.39 is 11.6 Å². The second kappa shape index (κ2) is 9.48. The van der Waals surface area contributed by atoms with Gasteiger partial charge in [-0.05, 0) is 36.8 Å². The summed E-state index contributed by atoms with van der Waals surface area (Å²) in [7, 11) is 0. The van der Waals surface area contributed by atoms with E-state index in [4.69, 9.17) is 9.47 Å². The van der Waals surface area contributed by atoms with Gasteiger partial charge in [0.15, 0.2) is 11.5 Å². The molecule has 0 saturated heterocycles. The number of hydrogen-bond donors (Lipinski definition) is 2. The van der Waals surface area contributed by atoms with Crippen molar-refractivity contribution in [2.75, 3.05) is 13.2 Å². The number of phenols is 2. The fraction of sp³-hybridized carbons (Fsp3) is 0.333. The molecule has 0 unspecified atom stereocenters. The number of unbranched alkanes of at least 4 members (excludes halogenated alkanes) is 3. The van der Waals surface area contributed by atoms with E-state index in [1.165, 1.54) is 42.2 Å². The maximum atomic E-state index is 11.9. The lowest BCUT2D eigenvalue weighted by Gasteiger charge is -2.16. The number of fused-ring (bicyclic) bond motifs is 1. The van der Waals surface area contributed by atoms with Crippen molar-refractivity contribution < 1.29 is 29.3 Å². The van der Waals surface area contributed by atoms with Crippen LogP contribution in [0.4, 0.5) is 0 Å². The van der Waals surface area contributed by atoms with Crippen molar-refractivity contribution in [1.82, 2.24) is 0 Å². The van der Waals surface area contributed by atoms with Crippen LogP contribution < -0.4 is 4.74 Å². The molecule has 0 saturated carbocycles. The van der Waals surface area contributed by atoms with Crippen molar-refractivity contribution >= 4 is 11.6 Å². The van der Waals surface area contributed by atoms with E-state index in [1.807, 2.05) is 0 Å². The molecule has 0 aliphatic heterocycles. The first-order valence-electron chi connectivity index (χ1n) is 10.2. The van der Waals surface area contributed by atoms with Crippen LogP contribution in [0.25, 0.3) is 0 Å². The molecule has 1 aromatic rings. The molecule has 0 heterocycles. The molecule has 6 nitrogen and oxygen atoms in total. The summed E-state index contributed by atoms with van der Waals surface area (Å²) in [5.41, 5.74) is -0.389. The molecule has 0 aromatic heterocycles. The Labute approximate surface area is 175 Å². The summed E-state index contributed by atoms with van der Waals surface area (Å²) in [6.45, 7) is 5.03. The minimum Gasteiger partial charge on any atom is -0.507 e. The molecule has 3 aliphatic rings. The molecule has 30 heavy (non-hydrogen) atoms. The molecule has 6 heteroatoms. The van der Waals surface area contributed by atoms with Crippen LogP contribution in [0, 0.1) is 10.4 Å². The predicted octanol–water partition coefficient (Wildman–Crippen LogP) is 4.64. The molecule has 4 rings (SSSR count). The zero-order chi connectivity index (χ0) is 21.7. The smallest absolute Gasteiger partial charge is 0.232 e. The average molecular weight is 410 g/mol. The number of carbonyl (C=O) groups excluding carboxylic acids is 2. The number of allylic oxidation sites excluding steroid dienone is 2. The molecule has 158 valence electrons. The van der Waals surface area contributed by atoms with Crippen molar-refractivity contribution in [2.24, 2.45) is 0 Å². The van der Waals surface area contributed by atoms with Crippen molar-refractivity contribution in [3.8, 4) is 17.2 Å². The largest absolute Gasteiger partial charge is 0.507 e. The van der Waals surface area contributed by atoms with Gasteiger partial charge >= 0.3 is 0 Å². The molecular weight excluding hydrogens is 384 g/mol. The van der Waals surface area contributed by atoms with Crippen molar-refractivity contribution in [1.29, 1.82) is 0 Å². The lowest BCUT2D eigenvalue weighted by atomic mass is 9.92. The number of hydrogen-bond acceptors (Lipinski definition) is 6. The fourth-order valence-electron chi connectivity index (χ4n) is 3.29. The summed E-state index contributed by atoms with van der Waals surface area (Å²) in [6, 6.07) is 8.69. The number of rotatable bonds is 8. The third-order valence-electron chi connectivity index (χ3n) is 4.97. The van der Waals surface area contributed by atoms with E-state index in [2.05, 4.69) is 25.1 Å². The van der Waals surface area contributed by atoms with Crippen LogP contribution in [0.2, 0.25) is 0 Å². The van der Waals surface area contributed by atoms with Gasteiger partial charge in [0.25, 0.3) is 0 Å². The SMILES string of the molecule is CCCCCCOc1cc2ccc1=2.CCOC1=CC(=O)c2c(O)ccc(O)c2C1=O. The van der Waals surface area contributed by atoms with E-state index in [0.717, 1.165) is 24.5 Å². The summed E-state index contributed by atoms with van der Waals surface area (Å²) in [4.78, 5) is 23.6. The highest BCUT2D eigenvalue weighted by molar-refractivity contribution is 6.25. The van der Waals surface area contributed by atoms with Gasteiger partial charge in [-0.25, -0.2) is 0 Å². The molecule has 1 aromatic carbocycles. The number of carbonyl (C=O) groups is 2. The molecule has 2 N–H and O–H groups in total. The molecule has 0 amide bonds. The Morgan fingerprint density at radius 2 is 1.60 bits per heavy atom. The molecular formula is C24H26O6. The van der Waals surface area contributed by atoms with Gasteiger partial charge in [-0.15, -0.1) is 0 Å². The Morgan fingerprint density at radius 3 is 2.17 bits per heavy atom. The highest BCUT2D eigenvalue weighted by atomic mass is 16.5. The Hall–Kier alpha value is -3.28. The van der Waals surface area contributed by atoms with Gasteiger partial charge in [-0.1, -0.05) is 38.3 Å². The monoisotopic (exact) mass is 410 g/mol. The number of phenolic OH excluding ortho intramolecular Hbond substituents is 2.